The Kier molecular flexibility index (Phi) is 6.49. The molecule has 1 atom stereocenters. The topological polar surface area (TPSA) is 78.9 Å². The minimum absolute atomic E-state index is 0.0899. The summed E-state index contributed by atoms with van der Waals surface area (Å²) < 4.78 is 5.11. The number of carbonyl (C=O) groups excluding carboxylic acids is 1. The van der Waals surface area contributed by atoms with Gasteiger partial charge in [0.05, 0.1) is 6.61 Å². The van der Waals surface area contributed by atoms with Crippen LogP contribution in [0.25, 0.3) is 0 Å². The van der Waals surface area contributed by atoms with Crippen LogP contribution < -0.4 is 5.32 Å². The van der Waals surface area contributed by atoms with E-state index in [0.29, 0.717) is 25.5 Å². The third kappa shape index (κ3) is 5.35. The molecule has 0 aromatic carbocycles. The lowest BCUT2D eigenvalue weighted by atomic mass is 9.99. The van der Waals surface area contributed by atoms with Gasteiger partial charge < -0.3 is 20.1 Å². The first kappa shape index (κ1) is 14.8. The molecule has 0 saturated carbocycles. The second kappa shape index (κ2) is 7.92. The Morgan fingerprint density at radius 2 is 2.28 bits per heavy atom. The highest BCUT2D eigenvalue weighted by Gasteiger charge is 2.23. The van der Waals surface area contributed by atoms with E-state index < -0.39 is 5.97 Å². The fourth-order valence-electron chi connectivity index (χ4n) is 2.17. The number of rotatable bonds is 6. The van der Waals surface area contributed by atoms with E-state index in [-0.39, 0.29) is 12.5 Å². The summed E-state index contributed by atoms with van der Waals surface area (Å²) in [5.41, 5.74) is 0. The van der Waals surface area contributed by atoms with Crippen molar-refractivity contribution in [1.82, 2.24) is 10.2 Å². The largest absolute Gasteiger partial charge is 0.481 e. The summed E-state index contributed by atoms with van der Waals surface area (Å²) in [7, 11) is 1.67. The normalized spacial score (nSPS) is 19.6. The maximum Gasteiger partial charge on any atom is 0.317 e. The summed E-state index contributed by atoms with van der Waals surface area (Å²) in [6, 6.07) is -0.0961. The zero-order valence-electron chi connectivity index (χ0n) is 10.9. The first-order valence-electron chi connectivity index (χ1n) is 6.37. The van der Waals surface area contributed by atoms with Gasteiger partial charge in [0.25, 0.3) is 0 Å². The van der Waals surface area contributed by atoms with Crippen molar-refractivity contribution in [2.75, 3.05) is 33.4 Å². The highest BCUT2D eigenvalue weighted by Crippen LogP contribution is 2.16. The van der Waals surface area contributed by atoms with E-state index in [1.165, 1.54) is 0 Å². The Labute approximate surface area is 107 Å². The Bertz CT molecular complexity index is 281. The molecule has 18 heavy (non-hydrogen) atoms. The van der Waals surface area contributed by atoms with Gasteiger partial charge >= 0.3 is 12.0 Å². The molecule has 1 heterocycles. The van der Waals surface area contributed by atoms with Gasteiger partial charge in [0.2, 0.25) is 0 Å². The number of nitrogens with one attached hydrogen (secondary N) is 1. The number of hydrogen-bond acceptors (Lipinski definition) is 3. The fraction of sp³-hybridized carbons (Fsp3) is 0.833. The molecule has 2 amide bonds. The predicted octanol–water partition coefficient (Wildman–Crippen LogP) is 0.919. The van der Waals surface area contributed by atoms with Crippen LogP contribution in [0.15, 0.2) is 0 Å². The number of piperidine rings is 1. The predicted molar refractivity (Wildman–Crippen MR) is 66.4 cm³/mol. The molecule has 1 saturated heterocycles. The van der Waals surface area contributed by atoms with E-state index >= 15 is 0 Å². The van der Waals surface area contributed by atoms with E-state index in [4.69, 9.17) is 9.84 Å². The molecule has 1 unspecified atom stereocenters. The summed E-state index contributed by atoms with van der Waals surface area (Å²) in [4.78, 5) is 23.9. The van der Waals surface area contributed by atoms with E-state index in [0.717, 1.165) is 25.9 Å². The molecule has 1 rings (SSSR count). The number of amides is 2. The standard InChI is InChI=1S/C12H22N2O4/c1-18-9-10-4-3-7-14(8-10)12(17)13-6-2-5-11(15)16/h10H,2-9H2,1H3,(H,13,17)(H,15,16). The van der Waals surface area contributed by atoms with Crippen LogP contribution >= 0.6 is 0 Å². The number of likely N-dealkylation sites (tertiary alicyclic amines) is 1. The van der Waals surface area contributed by atoms with Crippen molar-refractivity contribution in [3.63, 3.8) is 0 Å². The molecule has 6 heteroatoms. The average Bonchev–Trinajstić information content (AvgIpc) is 2.35. The molecule has 6 nitrogen and oxygen atoms in total. The number of carboxylic acids is 1. The lowest BCUT2D eigenvalue weighted by Crippen LogP contribution is -2.46. The summed E-state index contributed by atoms with van der Waals surface area (Å²) in [6.07, 6.45) is 2.65. The number of hydrogen-bond donors (Lipinski definition) is 2. The van der Waals surface area contributed by atoms with E-state index in [1.807, 2.05) is 0 Å². The van der Waals surface area contributed by atoms with Crippen LogP contribution in [0.4, 0.5) is 4.79 Å². The van der Waals surface area contributed by atoms with Gasteiger partial charge in [-0.1, -0.05) is 0 Å². The second-order valence-corrected chi connectivity index (χ2v) is 4.64. The monoisotopic (exact) mass is 258 g/mol. The third-order valence-corrected chi connectivity index (χ3v) is 3.05. The zero-order valence-corrected chi connectivity index (χ0v) is 10.9. The van der Waals surface area contributed by atoms with Crippen LogP contribution in [0, 0.1) is 5.92 Å². The first-order valence-corrected chi connectivity index (χ1v) is 6.37. The van der Waals surface area contributed by atoms with Crippen LogP contribution in [-0.4, -0.2) is 55.4 Å². The fourth-order valence-corrected chi connectivity index (χ4v) is 2.17. The zero-order chi connectivity index (χ0) is 13.4. The number of nitrogens with zero attached hydrogens (tertiary/aromatic N) is 1. The number of carboxylic acid groups (broad SMARTS) is 1. The molecule has 1 aliphatic rings. The summed E-state index contributed by atoms with van der Waals surface area (Å²) in [5, 5.41) is 11.2. The molecule has 2 N–H and O–H groups in total. The highest BCUT2D eigenvalue weighted by molar-refractivity contribution is 5.74. The molecule has 0 aliphatic carbocycles. The van der Waals surface area contributed by atoms with Crippen LogP contribution in [0.3, 0.4) is 0 Å². The van der Waals surface area contributed by atoms with E-state index in [9.17, 15) is 9.59 Å². The second-order valence-electron chi connectivity index (χ2n) is 4.64. The smallest absolute Gasteiger partial charge is 0.317 e. The number of urea groups is 1. The van der Waals surface area contributed by atoms with Crippen molar-refractivity contribution in [3.05, 3.63) is 0 Å². The lowest BCUT2D eigenvalue weighted by molar-refractivity contribution is -0.137. The average molecular weight is 258 g/mol. The molecular formula is C12H22N2O4. The summed E-state index contributed by atoms with van der Waals surface area (Å²) >= 11 is 0. The number of carbonyl (C=O) groups is 2. The van der Waals surface area contributed by atoms with Crippen molar-refractivity contribution >= 4 is 12.0 Å². The molecular weight excluding hydrogens is 236 g/mol. The van der Waals surface area contributed by atoms with Gasteiger partial charge in [-0.2, -0.15) is 0 Å². The van der Waals surface area contributed by atoms with Crippen molar-refractivity contribution in [3.8, 4) is 0 Å². The Balaban J connectivity index is 2.21. The molecule has 0 radical (unpaired) electrons. The van der Waals surface area contributed by atoms with Gasteiger partial charge in [0.1, 0.15) is 0 Å². The first-order chi connectivity index (χ1) is 8.63. The van der Waals surface area contributed by atoms with Gasteiger partial charge in [-0.3, -0.25) is 4.79 Å². The van der Waals surface area contributed by atoms with Gasteiger partial charge in [-0.25, -0.2) is 4.79 Å². The van der Waals surface area contributed by atoms with Crippen molar-refractivity contribution in [2.45, 2.75) is 25.7 Å². The van der Waals surface area contributed by atoms with Crippen molar-refractivity contribution in [1.29, 1.82) is 0 Å². The Morgan fingerprint density at radius 1 is 1.50 bits per heavy atom. The van der Waals surface area contributed by atoms with Crippen LogP contribution in [-0.2, 0) is 9.53 Å². The summed E-state index contributed by atoms with van der Waals surface area (Å²) in [6.45, 7) is 2.59. The third-order valence-electron chi connectivity index (χ3n) is 3.05. The highest BCUT2D eigenvalue weighted by atomic mass is 16.5. The molecule has 104 valence electrons. The van der Waals surface area contributed by atoms with E-state index in [2.05, 4.69) is 5.32 Å². The Hall–Kier alpha value is -1.30. The molecule has 1 aliphatic heterocycles. The van der Waals surface area contributed by atoms with Gasteiger partial charge in [-0.05, 0) is 19.3 Å². The molecule has 0 aromatic heterocycles. The van der Waals surface area contributed by atoms with Crippen molar-refractivity contribution in [2.24, 2.45) is 5.92 Å². The molecule has 1 fully saturated rings. The van der Waals surface area contributed by atoms with Crippen LogP contribution in [0.2, 0.25) is 0 Å². The molecule has 0 bridgehead atoms. The molecule has 0 spiro atoms. The Morgan fingerprint density at radius 3 is 2.94 bits per heavy atom. The van der Waals surface area contributed by atoms with E-state index in [1.54, 1.807) is 12.0 Å². The van der Waals surface area contributed by atoms with Crippen LogP contribution in [0.1, 0.15) is 25.7 Å². The number of methoxy groups -OCH3 is 1. The SMILES string of the molecule is COCC1CCCN(C(=O)NCCCC(=O)O)C1. The lowest BCUT2D eigenvalue weighted by Gasteiger charge is -2.32. The van der Waals surface area contributed by atoms with Crippen molar-refractivity contribution < 1.29 is 19.4 Å². The maximum absolute atomic E-state index is 11.8. The van der Waals surface area contributed by atoms with Crippen LogP contribution in [0.5, 0.6) is 0 Å². The van der Waals surface area contributed by atoms with Gasteiger partial charge in [0, 0.05) is 39.1 Å². The maximum atomic E-state index is 11.8. The minimum Gasteiger partial charge on any atom is -0.481 e. The number of aliphatic carboxylic acids is 1. The quantitative estimate of drug-likeness (QED) is 0.694. The van der Waals surface area contributed by atoms with Gasteiger partial charge in [-0.15, -0.1) is 0 Å². The minimum atomic E-state index is -0.831. The summed E-state index contributed by atoms with van der Waals surface area (Å²) in [5.74, 6) is -0.420. The number of ether oxygens (including phenoxy) is 1. The molecule has 0 aromatic rings. The van der Waals surface area contributed by atoms with Gasteiger partial charge in [0.15, 0.2) is 0 Å².